The van der Waals surface area contributed by atoms with Crippen LogP contribution in [-0.2, 0) is 33.3 Å². The molecule has 0 aliphatic rings. The van der Waals surface area contributed by atoms with Gasteiger partial charge in [0.05, 0.1) is 34.4 Å². The second kappa shape index (κ2) is 68.4. The van der Waals surface area contributed by atoms with E-state index in [1.807, 2.05) is 21.1 Å². The molecular weight excluding hydrogens is 1080 g/mol. The molecule has 0 saturated carbocycles. The fourth-order valence-corrected chi connectivity index (χ4v) is 10.5. The minimum Gasteiger partial charge on any atom is -0.477 e. The Balaban J connectivity index is 3.98. The van der Waals surface area contributed by atoms with Gasteiger partial charge in [0, 0.05) is 12.8 Å². The van der Waals surface area contributed by atoms with Crippen LogP contribution in [0.15, 0.2) is 85.1 Å². The summed E-state index contributed by atoms with van der Waals surface area (Å²) in [7, 11) is 5.96. The number of nitrogens with zero attached hydrogens (tertiary/aromatic N) is 1. The Kier molecular flexibility index (Phi) is 65.6. The molecule has 9 nitrogen and oxygen atoms in total. The molecule has 87 heavy (non-hydrogen) atoms. The SMILES string of the molecule is CC/C=C\C/C=C\C/C=C\C/C=C\C/C=C\C/C=C\CCCCC(=O)OC(COC(=O)CCCCCCCCCCCCCCCCCCCCCCCCCCCCCCC/C=C\CCCCCCCCCC)COC(OCC[N+](C)(C)C)C(=O)O. The fraction of sp³-hybridized carbons (Fsp3) is 0.782. The van der Waals surface area contributed by atoms with Gasteiger partial charge in [-0.1, -0.05) is 317 Å². The van der Waals surface area contributed by atoms with Crippen LogP contribution in [-0.4, -0.2) is 87.4 Å². The van der Waals surface area contributed by atoms with Gasteiger partial charge >= 0.3 is 17.9 Å². The van der Waals surface area contributed by atoms with E-state index in [4.69, 9.17) is 18.9 Å². The van der Waals surface area contributed by atoms with Crippen molar-refractivity contribution in [2.45, 2.75) is 347 Å². The maximum absolute atomic E-state index is 12.9. The van der Waals surface area contributed by atoms with Gasteiger partial charge < -0.3 is 28.5 Å². The molecule has 9 heteroatoms. The van der Waals surface area contributed by atoms with Crippen LogP contribution in [0.25, 0.3) is 0 Å². The van der Waals surface area contributed by atoms with Gasteiger partial charge in [-0.25, -0.2) is 4.79 Å². The maximum Gasteiger partial charge on any atom is 0.361 e. The Morgan fingerprint density at radius 2 is 0.655 bits per heavy atom. The number of carboxylic acids is 1. The number of aliphatic carboxylic acids is 1. The normalized spacial score (nSPS) is 13.2. The highest BCUT2D eigenvalue weighted by Gasteiger charge is 2.25. The van der Waals surface area contributed by atoms with Crippen molar-refractivity contribution < 1.29 is 42.9 Å². The number of allylic oxidation sites excluding steroid dienone is 14. The molecule has 0 heterocycles. The molecule has 0 aliphatic heterocycles. The second-order valence-electron chi connectivity index (χ2n) is 25.9. The van der Waals surface area contributed by atoms with Gasteiger partial charge in [0.15, 0.2) is 6.10 Å². The van der Waals surface area contributed by atoms with E-state index in [0.717, 1.165) is 70.6 Å². The van der Waals surface area contributed by atoms with Crippen LogP contribution < -0.4 is 0 Å². The average Bonchev–Trinajstić information content (AvgIpc) is 3.57. The highest BCUT2D eigenvalue weighted by Crippen LogP contribution is 2.18. The first-order valence-electron chi connectivity index (χ1n) is 36.8. The Hall–Kier alpha value is -3.53. The third kappa shape index (κ3) is 69.8. The summed E-state index contributed by atoms with van der Waals surface area (Å²) in [5.74, 6) is -2.06. The number of carbonyl (C=O) groups excluding carboxylic acids is 2. The van der Waals surface area contributed by atoms with Gasteiger partial charge in [0.1, 0.15) is 13.2 Å². The number of ether oxygens (including phenoxy) is 4. The van der Waals surface area contributed by atoms with Gasteiger partial charge in [0.2, 0.25) is 0 Å². The molecule has 0 rings (SSSR count). The molecule has 0 radical (unpaired) electrons. The first kappa shape index (κ1) is 83.5. The molecule has 0 aliphatic carbocycles. The lowest BCUT2D eigenvalue weighted by atomic mass is 10.0. The number of rotatable bonds is 68. The van der Waals surface area contributed by atoms with Crippen LogP contribution in [0.4, 0.5) is 0 Å². The van der Waals surface area contributed by atoms with Crippen molar-refractivity contribution in [2.24, 2.45) is 0 Å². The van der Waals surface area contributed by atoms with E-state index in [0.29, 0.717) is 23.9 Å². The highest BCUT2D eigenvalue weighted by atomic mass is 16.7. The summed E-state index contributed by atoms with van der Waals surface area (Å²) in [5.41, 5.74) is 0. The van der Waals surface area contributed by atoms with Crippen molar-refractivity contribution in [3.8, 4) is 0 Å². The highest BCUT2D eigenvalue weighted by molar-refractivity contribution is 5.71. The molecule has 0 aromatic rings. The number of esters is 2. The lowest BCUT2D eigenvalue weighted by Gasteiger charge is -2.25. The predicted molar refractivity (Wildman–Crippen MR) is 373 cm³/mol. The Bertz CT molecular complexity index is 1700. The van der Waals surface area contributed by atoms with Crippen LogP contribution >= 0.6 is 0 Å². The smallest absolute Gasteiger partial charge is 0.361 e. The van der Waals surface area contributed by atoms with E-state index >= 15 is 0 Å². The molecule has 0 amide bonds. The summed E-state index contributed by atoms with van der Waals surface area (Å²) >= 11 is 0. The van der Waals surface area contributed by atoms with Crippen LogP contribution in [0.5, 0.6) is 0 Å². The lowest BCUT2D eigenvalue weighted by Crippen LogP contribution is -2.40. The van der Waals surface area contributed by atoms with Gasteiger partial charge in [-0.05, 0) is 89.9 Å². The number of quaternary nitrogens is 1. The first-order valence-corrected chi connectivity index (χ1v) is 36.8. The molecule has 2 unspecified atom stereocenters. The van der Waals surface area contributed by atoms with Crippen LogP contribution in [0.3, 0.4) is 0 Å². The Morgan fingerprint density at radius 1 is 0.356 bits per heavy atom. The Morgan fingerprint density at radius 3 is 1.01 bits per heavy atom. The molecule has 504 valence electrons. The van der Waals surface area contributed by atoms with Crippen molar-refractivity contribution in [2.75, 3.05) is 47.5 Å². The molecule has 0 spiro atoms. The Labute approximate surface area is 538 Å². The summed E-state index contributed by atoms with van der Waals surface area (Å²) in [6.07, 6.45) is 90.3. The van der Waals surface area contributed by atoms with Gasteiger partial charge in [-0.3, -0.25) is 9.59 Å². The summed E-state index contributed by atoms with van der Waals surface area (Å²) in [6.45, 7) is 4.74. The zero-order chi connectivity index (χ0) is 63.3. The molecule has 0 aromatic carbocycles. The number of hydrogen-bond acceptors (Lipinski definition) is 7. The summed E-state index contributed by atoms with van der Waals surface area (Å²) in [6, 6.07) is 0. The van der Waals surface area contributed by atoms with E-state index in [1.54, 1.807) is 0 Å². The molecule has 0 saturated heterocycles. The van der Waals surface area contributed by atoms with Gasteiger partial charge in [0.25, 0.3) is 6.29 Å². The zero-order valence-corrected chi connectivity index (χ0v) is 57.7. The number of likely N-dealkylation sites (N-methyl/N-ethyl adjacent to an activating group) is 1. The predicted octanol–water partition coefficient (Wildman–Crippen LogP) is 23.0. The monoisotopic (exact) mass is 1220 g/mol. The molecule has 1 N–H and O–H groups in total. The van der Waals surface area contributed by atoms with Crippen LogP contribution in [0.1, 0.15) is 335 Å². The number of hydrogen-bond donors (Lipinski definition) is 1. The first-order chi connectivity index (χ1) is 42.6. The van der Waals surface area contributed by atoms with Crippen LogP contribution in [0.2, 0.25) is 0 Å². The quantitative estimate of drug-likeness (QED) is 0.0211. The second-order valence-corrected chi connectivity index (χ2v) is 25.9. The molecule has 2 atom stereocenters. The largest absolute Gasteiger partial charge is 0.477 e. The van der Waals surface area contributed by atoms with Crippen molar-refractivity contribution in [1.29, 1.82) is 0 Å². The van der Waals surface area contributed by atoms with Crippen molar-refractivity contribution in [3.63, 3.8) is 0 Å². The third-order valence-electron chi connectivity index (χ3n) is 16.1. The van der Waals surface area contributed by atoms with E-state index in [-0.39, 0.29) is 32.2 Å². The van der Waals surface area contributed by atoms with Gasteiger partial charge in [-0.2, -0.15) is 0 Å². The topological polar surface area (TPSA) is 108 Å². The minimum absolute atomic E-state index is 0.176. The van der Waals surface area contributed by atoms with E-state index in [2.05, 4.69) is 98.9 Å². The summed E-state index contributed by atoms with van der Waals surface area (Å²) < 4.78 is 22.9. The summed E-state index contributed by atoms with van der Waals surface area (Å²) in [5, 5.41) is 9.73. The van der Waals surface area contributed by atoms with Crippen LogP contribution in [0, 0.1) is 0 Å². The minimum atomic E-state index is -1.53. The van der Waals surface area contributed by atoms with Gasteiger partial charge in [-0.15, -0.1) is 0 Å². The summed E-state index contributed by atoms with van der Waals surface area (Å²) in [4.78, 5) is 37.6. The van der Waals surface area contributed by atoms with E-state index in [9.17, 15) is 19.5 Å². The number of carbonyl (C=O) groups is 3. The molecule has 0 bridgehead atoms. The van der Waals surface area contributed by atoms with Crippen molar-refractivity contribution in [1.82, 2.24) is 0 Å². The molecule has 0 aromatic heterocycles. The van der Waals surface area contributed by atoms with Crippen molar-refractivity contribution >= 4 is 17.9 Å². The molecular formula is C78H140NO8+. The number of unbranched alkanes of at least 4 members (excludes halogenated alkanes) is 39. The maximum atomic E-state index is 12.9. The molecule has 0 fully saturated rings. The van der Waals surface area contributed by atoms with Crippen molar-refractivity contribution in [3.05, 3.63) is 85.1 Å². The third-order valence-corrected chi connectivity index (χ3v) is 16.1. The fourth-order valence-electron chi connectivity index (χ4n) is 10.5. The lowest BCUT2D eigenvalue weighted by molar-refractivity contribution is -0.870. The van der Waals surface area contributed by atoms with E-state index < -0.39 is 24.3 Å². The number of carboxylic acid groups (broad SMARTS) is 1. The average molecular weight is 1220 g/mol. The zero-order valence-electron chi connectivity index (χ0n) is 57.7. The van der Waals surface area contributed by atoms with E-state index in [1.165, 1.54) is 231 Å². The standard InChI is InChI=1S/C78H139NO8/c1-6-8-10-12-14-16-18-20-22-24-26-28-29-30-31-32-33-34-35-36-37-38-39-40-41-42-43-44-45-46-47-49-50-52-54-56-58-60-62-64-66-68-75(80)85-72-74(73-86-78(77(82)83)84-71-70-79(3,4)5)87-76(81)69-67-65-63-61-59-57-55-53-51-48-27-25-23-21-19-17-15-13-11-9-7-2/h9,11,15,17,21,23-24,26-27,48,53,55,59,61,74,78H,6-8,10,12-14,16,18-20,22,25,28-47,49-52,54,56-58,60,62-73H2,1-5H3/p+1/b11-9-,17-15-,23-21-,26-24-,48-27-,55-53-,61-59-.